The maximum Gasteiger partial charge on any atom is 0.320 e. The number of nitrogens with one attached hydrogen (secondary N) is 2. The van der Waals surface area contributed by atoms with Crippen molar-refractivity contribution in [3.63, 3.8) is 0 Å². The normalized spacial score (nSPS) is 12.6. The molecule has 5 heteroatoms. The summed E-state index contributed by atoms with van der Waals surface area (Å²) < 4.78 is 0. The lowest BCUT2D eigenvalue weighted by atomic mass is 10.0. The molecule has 0 rings (SSSR count). The van der Waals surface area contributed by atoms with Gasteiger partial charge >= 0.3 is 5.97 Å². The van der Waals surface area contributed by atoms with Crippen LogP contribution in [0.2, 0.25) is 0 Å². The smallest absolute Gasteiger partial charge is 0.320 e. The second-order valence-electron chi connectivity index (χ2n) is 3.57. The molecule has 0 aromatic rings. The van der Waals surface area contributed by atoms with Crippen LogP contribution in [0.5, 0.6) is 0 Å². The SMILES string of the molecule is CNC(=O)CNC(CC(C)C)C(=O)O. The highest BCUT2D eigenvalue weighted by atomic mass is 16.4. The first-order valence-electron chi connectivity index (χ1n) is 4.64. The Bertz CT molecular complexity index is 204. The van der Waals surface area contributed by atoms with Crippen LogP contribution in [0.15, 0.2) is 0 Å². The fourth-order valence-corrected chi connectivity index (χ4v) is 1.05. The molecule has 0 heterocycles. The highest BCUT2D eigenvalue weighted by molar-refractivity contribution is 5.79. The van der Waals surface area contributed by atoms with Crippen LogP contribution in [-0.2, 0) is 9.59 Å². The molecule has 0 saturated heterocycles. The van der Waals surface area contributed by atoms with Crippen molar-refractivity contribution in [1.82, 2.24) is 10.6 Å². The first-order valence-corrected chi connectivity index (χ1v) is 4.64. The summed E-state index contributed by atoms with van der Waals surface area (Å²) in [7, 11) is 1.52. The van der Waals surface area contributed by atoms with E-state index in [0.29, 0.717) is 6.42 Å². The van der Waals surface area contributed by atoms with E-state index in [1.807, 2.05) is 13.8 Å². The number of carboxylic acid groups (broad SMARTS) is 1. The summed E-state index contributed by atoms with van der Waals surface area (Å²) in [5.41, 5.74) is 0. The van der Waals surface area contributed by atoms with Crippen molar-refractivity contribution in [2.45, 2.75) is 26.3 Å². The molecular formula is C9H18N2O3. The number of hydrogen-bond donors (Lipinski definition) is 3. The van der Waals surface area contributed by atoms with Crippen molar-refractivity contribution in [3.8, 4) is 0 Å². The summed E-state index contributed by atoms with van der Waals surface area (Å²) in [6.07, 6.45) is 0.520. The van der Waals surface area contributed by atoms with Gasteiger partial charge < -0.3 is 10.4 Å². The average molecular weight is 202 g/mol. The third-order valence-corrected chi connectivity index (χ3v) is 1.79. The van der Waals surface area contributed by atoms with Gasteiger partial charge in [0, 0.05) is 7.05 Å². The molecular weight excluding hydrogens is 184 g/mol. The molecule has 0 aliphatic rings. The lowest BCUT2D eigenvalue weighted by Gasteiger charge is -2.15. The van der Waals surface area contributed by atoms with Gasteiger partial charge in [-0.25, -0.2) is 0 Å². The Balaban J connectivity index is 3.97. The maximum atomic E-state index is 10.9. The van der Waals surface area contributed by atoms with Crippen LogP contribution in [-0.4, -0.2) is 36.6 Å². The summed E-state index contributed by atoms with van der Waals surface area (Å²) in [5.74, 6) is -0.837. The summed E-state index contributed by atoms with van der Waals surface area (Å²) in [5, 5.41) is 13.9. The molecule has 0 spiro atoms. The van der Waals surface area contributed by atoms with Crippen molar-refractivity contribution in [2.24, 2.45) is 5.92 Å². The molecule has 0 aliphatic carbocycles. The van der Waals surface area contributed by atoms with Gasteiger partial charge in [0.05, 0.1) is 6.54 Å². The molecule has 0 saturated carbocycles. The Morgan fingerprint density at radius 2 is 1.93 bits per heavy atom. The Morgan fingerprint density at radius 3 is 2.29 bits per heavy atom. The van der Waals surface area contributed by atoms with Crippen molar-refractivity contribution in [1.29, 1.82) is 0 Å². The molecule has 0 fully saturated rings. The highest BCUT2D eigenvalue weighted by Crippen LogP contribution is 2.04. The van der Waals surface area contributed by atoms with Crippen molar-refractivity contribution in [3.05, 3.63) is 0 Å². The lowest BCUT2D eigenvalue weighted by Crippen LogP contribution is -2.43. The number of carbonyl (C=O) groups excluding carboxylic acids is 1. The van der Waals surface area contributed by atoms with E-state index < -0.39 is 12.0 Å². The van der Waals surface area contributed by atoms with Gasteiger partial charge in [-0.1, -0.05) is 13.8 Å². The Hall–Kier alpha value is -1.10. The summed E-state index contributed by atoms with van der Waals surface area (Å²) >= 11 is 0. The van der Waals surface area contributed by atoms with E-state index >= 15 is 0 Å². The number of hydrogen-bond acceptors (Lipinski definition) is 3. The number of amides is 1. The minimum absolute atomic E-state index is 0.0419. The number of aliphatic carboxylic acids is 1. The van der Waals surface area contributed by atoms with Crippen molar-refractivity contribution < 1.29 is 14.7 Å². The highest BCUT2D eigenvalue weighted by Gasteiger charge is 2.18. The quantitative estimate of drug-likeness (QED) is 0.558. The topological polar surface area (TPSA) is 78.4 Å². The molecule has 1 unspecified atom stereocenters. The van der Waals surface area contributed by atoms with Crippen LogP contribution in [0.1, 0.15) is 20.3 Å². The minimum Gasteiger partial charge on any atom is -0.480 e. The fourth-order valence-electron chi connectivity index (χ4n) is 1.05. The van der Waals surface area contributed by atoms with Crippen LogP contribution in [0.25, 0.3) is 0 Å². The lowest BCUT2D eigenvalue weighted by molar-refractivity contribution is -0.140. The summed E-state index contributed by atoms with van der Waals surface area (Å²) in [4.78, 5) is 21.6. The standard InChI is InChI=1S/C9H18N2O3/c1-6(2)4-7(9(13)14)11-5-8(12)10-3/h6-7,11H,4-5H2,1-3H3,(H,10,12)(H,13,14). The van der Waals surface area contributed by atoms with Gasteiger partial charge in [0.1, 0.15) is 6.04 Å². The Labute approximate surface area is 83.9 Å². The van der Waals surface area contributed by atoms with E-state index in [0.717, 1.165) is 0 Å². The molecule has 0 bridgehead atoms. The Kier molecular flexibility index (Phi) is 5.87. The number of rotatable bonds is 6. The summed E-state index contributed by atoms with van der Waals surface area (Å²) in [6.45, 7) is 3.93. The molecule has 0 aliphatic heterocycles. The zero-order valence-electron chi connectivity index (χ0n) is 8.83. The van der Waals surface area contributed by atoms with Crippen LogP contribution in [0.4, 0.5) is 0 Å². The van der Waals surface area contributed by atoms with E-state index in [9.17, 15) is 9.59 Å². The van der Waals surface area contributed by atoms with E-state index in [4.69, 9.17) is 5.11 Å². The zero-order valence-corrected chi connectivity index (χ0v) is 8.83. The second kappa shape index (κ2) is 6.37. The van der Waals surface area contributed by atoms with Crippen LogP contribution < -0.4 is 10.6 Å². The molecule has 14 heavy (non-hydrogen) atoms. The van der Waals surface area contributed by atoms with E-state index in [1.165, 1.54) is 7.05 Å². The number of likely N-dealkylation sites (N-methyl/N-ethyl adjacent to an activating group) is 1. The maximum absolute atomic E-state index is 10.9. The third kappa shape index (κ3) is 5.53. The number of carbonyl (C=O) groups is 2. The predicted molar refractivity (Wildman–Crippen MR) is 52.9 cm³/mol. The molecule has 0 radical (unpaired) electrons. The molecule has 5 nitrogen and oxygen atoms in total. The number of carboxylic acids is 1. The van der Waals surface area contributed by atoms with E-state index in [-0.39, 0.29) is 18.4 Å². The largest absolute Gasteiger partial charge is 0.480 e. The van der Waals surface area contributed by atoms with Gasteiger partial charge in [-0.15, -0.1) is 0 Å². The van der Waals surface area contributed by atoms with Crippen LogP contribution >= 0.6 is 0 Å². The Morgan fingerprint density at radius 1 is 1.36 bits per heavy atom. The van der Waals surface area contributed by atoms with Crippen LogP contribution in [0.3, 0.4) is 0 Å². The second-order valence-corrected chi connectivity index (χ2v) is 3.57. The third-order valence-electron chi connectivity index (χ3n) is 1.79. The van der Waals surface area contributed by atoms with Gasteiger partial charge in [-0.05, 0) is 12.3 Å². The monoisotopic (exact) mass is 202 g/mol. The van der Waals surface area contributed by atoms with Crippen LogP contribution in [0, 0.1) is 5.92 Å². The van der Waals surface area contributed by atoms with E-state index in [1.54, 1.807) is 0 Å². The molecule has 82 valence electrons. The van der Waals surface area contributed by atoms with Gasteiger partial charge in [0.15, 0.2) is 0 Å². The average Bonchev–Trinajstić information content (AvgIpc) is 2.10. The molecule has 1 atom stereocenters. The van der Waals surface area contributed by atoms with E-state index in [2.05, 4.69) is 10.6 Å². The first kappa shape index (κ1) is 12.9. The molecule has 1 amide bonds. The minimum atomic E-state index is -0.914. The van der Waals surface area contributed by atoms with Crippen molar-refractivity contribution >= 4 is 11.9 Å². The van der Waals surface area contributed by atoms with Gasteiger partial charge in [0.2, 0.25) is 5.91 Å². The molecule has 0 aromatic carbocycles. The van der Waals surface area contributed by atoms with Gasteiger partial charge in [-0.3, -0.25) is 14.9 Å². The van der Waals surface area contributed by atoms with Gasteiger partial charge in [-0.2, -0.15) is 0 Å². The molecule has 0 aromatic heterocycles. The molecule has 3 N–H and O–H groups in total. The van der Waals surface area contributed by atoms with Crippen molar-refractivity contribution in [2.75, 3.05) is 13.6 Å². The zero-order chi connectivity index (χ0) is 11.1. The predicted octanol–water partition coefficient (Wildman–Crippen LogP) is -0.179. The summed E-state index contributed by atoms with van der Waals surface area (Å²) in [6, 6.07) is -0.646. The first-order chi connectivity index (χ1) is 6.47. The fraction of sp³-hybridized carbons (Fsp3) is 0.778. The van der Waals surface area contributed by atoms with Gasteiger partial charge in [0.25, 0.3) is 0 Å².